The monoisotopic (exact) mass is 299 g/mol. The number of aliphatic hydroxyl groups is 1. The van der Waals surface area contributed by atoms with Crippen LogP contribution < -0.4 is 4.74 Å². The average molecular weight is 299 g/mol. The first kappa shape index (κ1) is 16.7. The van der Waals surface area contributed by atoms with Crippen LogP contribution in [0.2, 0.25) is 0 Å². The summed E-state index contributed by atoms with van der Waals surface area (Å²) in [5, 5.41) is 9.28. The zero-order valence-electron chi connectivity index (χ0n) is 12.1. The number of hydrogen-bond acceptors (Lipinski definition) is 4. The molecule has 1 rings (SSSR count). The molecule has 0 radical (unpaired) electrons. The number of rotatable bonds is 7. The number of aliphatic hydroxyl groups excluding tert-OH is 1. The standard InChI is InChI=1S/C14H21NO4S/c1-5-15(9-11(2)3)20(17,18)13-6-7-14(19-4)12(8-13)10-16/h6-8,16H,2,5,9-10H2,1,3-4H3. The first-order valence-electron chi connectivity index (χ1n) is 6.29. The third kappa shape index (κ3) is 3.59. The van der Waals surface area contributed by atoms with E-state index in [1.54, 1.807) is 19.9 Å². The maximum atomic E-state index is 12.5. The van der Waals surface area contributed by atoms with Gasteiger partial charge in [-0.3, -0.25) is 0 Å². The normalized spacial score (nSPS) is 11.7. The van der Waals surface area contributed by atoms with E-state index in [4.69, 9.17) is 4.74 Å². The van der Waals surface area contributed by atoms with E-state index >= 15 is 0 Å². The number of benzene rings is 1. The Morgan fingerprint density at radius 3 is 2.55 bits per heavy atom. The number of methoxy groups -OCH3 is 1. The lowest BCUT2D eigenvalue weighted by Crippen LogP contribution is -2.32. The van der Waals surface area contributed by atoms with E-state index in [1.807, 2.05) is 0 Å². The van der Waals surface area contributed by atoms with Crippen molar-refractivity contribution in [3.8, 4) is 5.75 Å². The van der Waals surface area contributed by atoms with Gasteiger partial charge in [0.25, 0.3) is 0 Å². The highest BCUT2D eigenvalue weighted by Gasteiger charge is 2.23. The summed E-state index contributed by atoms with van der Waals surface area (Å²) in [5.41, 5.74) is 1.21. The van der Waals surface area contributed by atoms with E-state index in [0.717, 1.165) is 5.57 Å². The summed E-state index contributed by atoms with van der Waals surface area (Å²) in [7, 11) is -2.12. The van der Waals surface area contributed by atoms with Crippen LogP contribution in [0, 0.1) is 0 Å². The molecular weight excluding hydrogens is 278 g/mol. The van der Waals surface area contributed by atoms with Crippen molar-refractivity contribution in [3.63, 3.8) is 0 Å². The minimum absolute atomic E-state index is 0.144. The fourth-order valence-electron chi connectivity index (χ4n) is 1.86. The summed E-state index contributed by atoms with van der Waals surface area (Å²) in [4.78, 5) is 0.144. The Balaban J connectivity index is 3.23. The molecular formula is C14H21NO4S. The van der Waals surface area contributed by atoms with Gasteiger partial charge < -0.3 is 9.84 Å². The van der Waals surface area contributed by atoms with Crippen molar-refractivity contribution in [2.75, 3.05) is 20.2 Å². The van der Waals surface area contributed by atoms with Gasteiger partial charge in [0.1, 0.15) is 5.75 Å². The molecule has 0 bridgehead atoms. The Morgan fingerprint density at radius 1 is 1.45 bits per heavy atom. The van der Waals surface area contributed by atoms with Crippen LogP contribution in [0.3, 0.4) is 0 Å². The van der Waals surface area contributed by atoms with Crippen LogP contribution in [-0.4, -0.2) is 38.0 Å². The molecule has 1 aromatic carbocycles. The van der Waals surface area contributed by atoms with E-state index < -0.39 is 10.0 Å². The van der Waals surface area contributed by atoms with Crippen LogP contribution >= 0.6 is 0 Å². The molecule has 0 atom stereocenters. The van der Waals surface area contributed by atoms with Crippen molar-refractivity contribution >= 4 is 10.0 Å². The van der Waals surface area contributed by atoms with Crippen LogP contribution in [-0.2, 0) is 16.6 Å². The van der Waals surface area contributed by atoms with Crippen LogP contribution in [0.15, 0.2) is 35.2 Å². The second kappa shape index (κ2) is 6.88. The smallest absolute Gasteiger partial charge is 0.243 e. The maximum absolute atomic E-state index is 12.5. The summed E-state index contributed by atoms with van der Waals surface area (Å²) >= 11 is 0. The quantitative estimate of drug-likeness (QED) is 0.779. The van der Waals surface area contributed by atoms with Crippen LogP contribution in [0.1, 0.15) is 19.4 Å². The second-order valence-electron chi connectivity index (χ2n) is 4.52. The average Bonchev–Trinajstić information content (AvgIpc) is 2.43. The summed E-state index contributed by atoms with van der Waals surface area (Å²) in [6.07, 6.45) is 0. The molecule has 0 aliphatic heterocycles. The van der Waals surface area contributed by atoms with E-state index in [0.29, 0.717) is 17.9 Å². The highest BCUT2D eigenvalue weighted by molar-refractivity contribution is 7.89. The lowest BCUT2D eigenvalue weighted by atomic mass is 10.2. The van der Waals surface area contributed by atoms with Gasteiger partial charge in [0, 0.05) is 18.7 Å². The second-order valence-corrected chi connectivity index (χ2v) is 6.46. The van der Waals surface area contributed by atoms with Crippen molar-refractivity contribution in [1.82, 2.24) is 4.31 Å². The predicted octanol–water partition coefficient (Wildman–Crippen LogP) is 1.77. The van der Waals surface area contributed by atoms with Gasteiger partial charge in [-0.25, -0.2) is 8.42 Å². The van der Waals surface area contributed by atoms with Crippen LogP contribution in [0.4, 0.5) is 0 Å². The third-order valence-corrected chi connectivity index (χ3v) is 4.78. The highest BCUT2D eigenvalue weighted by atomic mass is 32.2. The molecule has 20 heavy (non-hydrogen) atoms. The summed E-state index contributed by atoms with van der Waals surface area (Å²) in [6, 6.07) is 4.47. The molecule has 0 amide bonds. The van der Waals surface area contributed by atoms with Crippen molar-refractivity contribution in [1.29, 1.82) is 0 Å². The van der Waals surface area contributed by atoms with Gasteiger partial charge >= 0.3 is 0 Å². The Kier molecular flexibility index (Phi) is 5.74. The first-order valence-corrected chi connectivity index (χ1v) is 7.73. The van der Waals surface area contributed by atoms with Gasteiger partial charge in [0.2, 0.25) is 10.0 Å². The molecule has 0 unspecified atom stereocenters. The Hall–Kier alpha value is -1.37. The zero-order chi connectivity index (χ0) is 15.3. The van der Waals surface area contributed by atoms with Gasteiger partial charge in [-0.1, -0.05) is 19.1 Å². The SMILES string of the molecule is C=C(C)CN(CC)S(=O)(=O)c1ccc(OC)c(CO)c1. The molecule has 6 heteroatoms. The molecule has 0 heterocycles. The molecule has 1 aromatic rings. The largest absolute Gasteiger partial charge is 0.496 e. The molecule has 0 saturated heterocycles. The van der Waals surface area contributed by atoms with Crippen LogP contribution in [0.5, 0.6) is 5.75 Å². The van der Waals surface area contributed by atoms with Crippen molar-refractivity contribution < 1.29 is 18.3 Å². The summed E-state index contributed by atoms with van der Waals surface area (Å²) in [5.74, 6) is 0.467. The molecule has 5 nitrogen and oxygen atoms in total. The van der Waals surface area contributed by atoms with Gasteiger partial charge in [0.05, 0.1) is 18.6 Å². The third-order valence-electron chi connectivity index (χ3n) is 2.86. The molecule has 0 spiro atoms. The molecule has 0 aromatic heterocycles. The lowest BCUT2D eigenvalue weighted by Gasteiger charge is -2.21. The zero-order valence-corrected chi connectivity index (χ0v) is 12.9. The van der Waals surface area contributed by atoms with E-state index in [-0.39, 0.29) is 18.0 Å². The number of nitrogens with zero attached hydrogens (tertiary/aromatic N) is 1. The van der Waals surface area contributed by atoms with Crippen molar-refractivity contribution in [2.45, 2.75) is 25.3 Å². The fourth-order valence-corrected chi connectivity index (χ4v) is 3.42. The lowest BCUT2D eigenvalue weighted by molar-refractivity contribution is 0.273. The fraction of sp³-hybridized carbons (Fsp3) is 0.429. The molecule has 0 saturated carbocycles. The van der Waals surface area contributed by atoms with Crippen molar-refractivity contribution in [3.05, 3.63) is 35.9 Å². The Labute approximate surface area is 120 Å². The predicted molar refractivity (Wildman–Crippen MR) is 78.2 cm³/mol. The number of hydrogen-bond donors (Lipinski definition) is 1. The van der Waals surface area contributed by atoms with Gasteiger partial charge in [-0.05, 0) is 25.1 Å². The Morgan fingerprint density at radius 2 is 2.10 bits per heavy atom. The van der Waals surface area contributed by atoms with E-state index in [9.17, 15) is 13.5 Å². The number of likely N-dealkylation sites (N-methyl/N-ethyl adjacent to an activating group) is 1. The van der Waals surface area contributed by atoms with Gasteiger partial charge in [-0.15, -0.1) is 0 Å². The maximum Gasteiger partial charge on any atom is 0.243 e. The van der Waals surface area contributed by atoms with Gasteiger partial charge in [0.15, 0.2) is 0 Å². The van der Waals surface area contributed by atoms with Gasteiger partial charge in [-0.2, -0.15) is 4.31 Å². The number of ether oxygens (including phenoxy) is 1. The molecule has 1 N–H and O–H groups in total. The first-order chi connectivity index (χ1) is 9.36. The molecule has 112 valence electrons. The molecule has 0 aliphatic rings. The van der Waals surface area contributed by atoms with E-state index in [2.05, 4.69) is 6.58 Å². The summed E-state index contributed by atoms with van der Waals surface area (Å²) in [6.45, 7) is 7.66. The topological polar surface area (TPSA) is 66.8 Å². The minimum Gasteiger partial charge on any atom is -0.496 e. The highest BCUT2D eigenvalue weighted by Crippen LogP contribution is 2.24. The van der Waals surface area contributed by atoms with Crippen LogP contribution in [0.25, 0.3) is 0 Å². The Bertz CT molecular complexity index is 581. The van der Waals surface area contributed by atoms with Crippen molar-refractivity contribution in [2.24, 2.45) is 0 Å². The summed E-state index contributed by atoms with van der Waals surface area (Å²) < 4.78 is 31.5. The van der Waals surface area contributed by atoms with E-state index in [1.165, 1.54) is 23.5 Å². The minimum atomic E-state index is -3.60. The molecule has 0 aliphatic carbocycles. The number of sulfonamides is 1. The molecule has 0 fully saturated rings.